The number of anilines is 1. The molecule has 1 heterocycles. The summed E-state index contributed by atoms with van der Waals surface area (Å²) in [6.45, 7) is 2.33. The van der Waals surface area contributed by atoms with Crippen LogP contribution in [0.2, 0.25) is 0 Å². The normalized spacial score (nSPS) is 11.7. The third-order valence-electron chi connectivity index (χ3n) is 1.43. The number of aromatic nitrogens is 2. The van der Waals surface area contributed by atoms with E-state index in [0.717, 1.165) is 0 Å². The van der Waals surface area contributed by atoms with Crippen LogP contribution in [-0.4, -0.2) is 28.6 Å². The fraction of sp³-hybridized carbons (Fsp3) is 0.429. The molecule has 0 fully saturated rings. The van der Waals surface area contributed by atoms with Crippen molar-refractivity contribution in [1.82, 2.24) is 9.71 Å². The smallest absolute Gasteiger partial charge is 0.239 e. The van der Waals surface area contributed by atoms with Crippen LogP contribution in [0.3, 0.4) is 0 Å². The lowest BCUT2D eigenvalue weighted by molar-refractivity contribution is 0.172. The average molecular weight is 184 g/mol. The SMILES string of the molecule is CCOc1cc(=NC)n(O)c(N)n1. The molecule has 1 aromatic heterocycles. The highest BCUT2D eigenvalue weighted by molar-refractivity contribution is 5.21. The Labute approximate surface area is 75.3 Å². The lowest BCUT2D eigenvalue weighted by Gasteiger charge is -2.05. The lowest BCUT2D eigenvalue weighted by atomic mass is 10.6. The van der Waals surface area contributed by atoms with Crippen molar-refractivity contribution < 1.29 is 9.94 Å². The van der Waals surface area contributed by atoms with E-state index in [9.17, 15) is 5.21 Å². The van der Waals surface area contributed by atoms with E-state index in [2.05, 4.69) is 9.98 Å². The first kappa shape index (κ1) is 9.37. The number of rotatable bonds is 2. The first-order chi connectivity index (χ1) is 6.19. The Kier molecular flexibility index (Phi) is 2.73. The predicted molar refractivity (Wildman–Crippen MR) is 46.5 cm³/mol. The number of nitrogen functional groups attached to an aromatic ring is 1. The highest BCUT2D eigenvalue weighted by atomic mass is 16.5. The van der Waals surface area contributed by atoms with Crippen molar-refractivity contribution in [2.75, 3.05) is 19.4 Å². The Morgan fingerprint density at radius 2 is 2.46 bits per heavy atom. The quantitative estimate of drug-likeness (QED) is 0.614. The molecule has 0 unspecified atom stereocenters. The number of ether oxygens (including phenoxy) is 1. The molecule has 13 heavy (non-hydrogen) atoms. The van der Waals surface area contributed by atoms with Gasteiger partial charge >= 0.3 is 0 Å². The zero-order chi connectivity index (χ0) is 9.84. The molecule has 0 saturated heterocycles. The predicted octanol–water partition coefficient (Wildman–Crippen LogP) is -0.368. The second-order valence-corrected chi connectivity index (χ2v) is 2.28. The third kappa shape index (κ3) is 1.90. The molecule has 0 bridgehead atoms. The standard InChI is InChI=1S/C7H12N4O2/c1-3-13-6-4-5(9-2)11(12)7(8)10-6/h4,12H,3H2,1-2H3,(H2,8,10). The van der Waals surface area contributed by atoms with E-state index in [0.29, 0.717) is 22.7 Å². The van der Waals surface area contributed by atoms with Gasteiger partial charge in [0, 0.05) is 13.1 Å². The van der Waals surface area contributed by atoms with E-state index in [1.165, 1.54) is 13.1 Å². The van der Waals surface area contributed by atoms with E-state index in [-0.39, 0.29) is 5.95 Å². The van der Waals surface area contributed by atoms with Crippen molar-refractivity contribution in [3.05, 3.63) is 11.6 Å². The van der Waals surface area contributed by atoms with Crippen molar-refractivity contribution in [2.45, 2.75) is 6.92 Å². The molecule has 1 rings (SSSR count). The van der Waals surface area contributed by atoms with Gasteiger partial charge in [-0.15, -0.1) is 4.73 Å². The summed E-state index contributed by atoms with van der Waals surface area (Å²) in [7, 11) is 1.54. The number of nitrogens with two attached hydrogens (primary N) is 1. The molecule has 0 amide bonds. The minimum atomic E-state index is -0.0495. The van der Waals surface area contributed by atoms with Crippen LogP contribution in [-0.2, 0) is 0 Å². The van der Waals surface area contributed by atoms with Gasteiger partial charge in [0.05, 0.1) is 6.61 Å². The van der Waals surface area contributed by atoms with Crippen molar-refractivity contribution in [1.29, 1.82) is 0 Å². The van der Waals surface area contributed by atoms with Gasteiger partial charge in [-0.2, -0.15) is 4.98 Å². The van der Waals surface area contributed by atoms with Gasteiger partial charge in [0.25, 0.3) is 0 Å². The van der Waals surface area contributed by atoms with E-state index in [1.54, 1.807) is 0 Å². The molecule has 0 aliphatic heterocycles. The van der Waals surface area contributed by atoms with Gasteiger partial charge in [0.15, 0.2) is 5.49 Å². The monoisotopic (exact) mass is 184 g/mol. The Morgan fingerprint density at radius 3 is 3.00 bits per heavy atom. The molecule has 0 aliphatic carbocycles. The molecule has 0 aromatic carbocycles. The Morgan fingerprint density at radius 1 is 1.77 bits per heavy atom. The summed E-state index contributed by atoms with van der Waals surface area (Å²) in [4.78, 5) is 7.57. The second-order valence-electron chi connectivity index (χ2n) is 2.28. The van der Waals surface area contributed by atoms with Crippen LogP contribution in [0.25, 0.3) is 0 Å². The van der Waals surface area contributed by atoms with Gasteiger partial charge in [-0.3, -0.25) is 4.99 Å². The van der Waals surface area contributed by atoms with Gasteiger partial charge in [0.2, 0.25) is 11.8 Å². The Bertz CT molecular complexity index is 358. The molecule has 6 heteroatoms. The molecule has 3 N–H and O–H groups in total. The topological polar surface area (TPSA) is 85.7 Å². The molecular formula is C7H12N4O2. The third-order valence-corrected chi connectivity index (χ3v) is 1.43. The van der Waals surface area contributed by atoms with Crippen molar-refractivity contribution in [2.24, 2.45) is 4.99 Å². The maximum atomic E-state index is 9.27. The molecular weight excluding hydrogens is 172 g/mol. The molecule has 0 radical (unpaired) electrons. The van der Waals surface area contributed by atoms with Crippen LogP contribution in [0.5, 0.6) is 5.88 Å². The number of hydrogen-bond donors (Lipinski definition) is 2. The zero-order valence-corrected chi connectivity index (χ0v) is 7.56. The molecule has 0 aliphatic rings. The molecule has 72 valence electrons. The summed E-state index contributed by atoms with van der Waals surface area (Å²) in [6, 6.07) is 1.50. The van der Waals surface area contributed by atoms with Crippen molar-refractivity contribution in [3.63, 3.8) is 0 Å². The summed E-state index contributed by atoms with van der Waals surface area (Å²) < 4.78 is 5.81. The first-order valence-electron chi connectivity index (χ1n) is 3.83. The number of hydrogen-bond acceptors (Lipinski definition) is 5. The van der Waals surface area contributed by atoms with Gasteiger partial charge in [-0.05, 0) is 6.92 Å². The van der Waals surface area contributed by atoms with Gasteiger partial charge in [-0.1, -0.05) is 0 Å². The van der Waals surface area contributed by atoms with Crippen LogP contribution < -0.4 is 16.0 Å². The number of nitrogens with zero attached hydrogens (tertiary/aromatic N) is 3. The zero-order valence-electron chi connectivity index (χ0n) is 7.56. The molecule has 1 aromatic rings. The summed E-state index contributed by atoms with van der Waals surface area (Å²) >= 11 is 0. The summed E-state index contributed by atoms with van der Waals surface area (Å²) in [6.07, 6.45) is 0. The van der Waals surface area contributed by atoms with Crippen LogP contribution in [0.15, 0.2) is 11.1 Å². The van der Waals surface area contributed by atoms with Crippen molar-refractivity contribution >= 4 is 5.95 Å². The lowest BCUT2D eigenvalue weighted by Crippen LogP contribution is -2.23. The Hall–Kier alpha value is -1.72. The van der Waals surface area contributed by atoms with Gasteiger partial charge < -0.3 is 15.7 Å². The van der Waals surface area contributed by atoms with E-state index in [1.807, 2.05) is 6.92 Å². The maximum Gasteiger partial charge on any atom is 0.239 e. The van der Waals surface area contributed by atoms with Crippen LogP contribution in [0, 0.1) is 0 Å². The fourth-order valence-electron chi connectivity index (χ4n) is 0.863. The summed E-state index contributed by atoms with van der Waals surface area (Å²) in [5, 5.41) is 9.27. The highest BCUT2D eigenvalue weighted by Gasteiger charge is 2.02. The molecule has 0 atom stereocenters. The average Bonchev–Trinajstić information content (AvgIpc) is 2.11. The van der Waals surface area contributed by atoms with Gasteiger partial charge in [-0.25, -0.2) is 0 Å². The highest BCUT2D eigenvalue weighted by Crippen LogP contribution is 2.03. The van der Waals surface area contributed by atoms with Crippen molar-refractivity contribution in [3.8, 4) is 5.88 Å². The largest absolute Gasteiger partial charge is 0.478 e. The molecule has 0 saturated carbocycles. The van der Waals surface area contributed by atoms with E-state index in [4.69, 9.17) is 10.5 Å². The Balaban J connectivity index is 3.23. The first-order valence-corrected chi connectivity index (χ1v) is 3.83. The van der Waals surface area contributed by atoms with Crippen LogP contribution in [0.1, 0.15) is 6.92 Å². The maximum absolute atomic E-state index is 9.27. The van der Waals surface area contributed by atoms with Crippen LogP contribution in [0.4, 0.5) is 5.95 Å². The van der Waals surface area contributed by atoms with Crippen LogP contribution >= 0.6 is 0 Å². The van der Waals surface area contributed by atoms with E-state index >= 15 is 0 Å². The van der Waals surface area contributed by atoms with E-state index < -0.39 is 0 Å². The second kappa shape index (κ2) is 3.79. The summed E-state index contributed by atoms with van der Waals surface area (Å²) in [5.74, 6) is 0.303. The molecule has 0 spiro atoms. The van der Waals surface area contributed by atoms with Gasteiger partial charge in [0.1, 0.15) is 0 Å². The summed E-state index contributed by atoms with van der Waals surface area (Å²) in [5.41, 5.74) is 5.69. The fourth-order valence-corrected chi connectivity index (χ4v) is 0.863. The minimum Gasteiger partial charge on any atom is -0.478 e. The molecule has 6 nitrogen and oxygen atoms in total. The minimum absolute atomic E-state index is 0.0495.